The van der Waals surface area contributed by atoms with Crippen LogP contribution in [0.2, 0.25) is 0 Å². The van der Waals surface area contributed by atoms with Crippen LogP contribution in [0.15, 0.2) is 29.2 Å². The maximum Gasteiger partial charge on any atom is 0.232 e. The zero-order valence-corrected chi connectivity index (χ0v) is 14.2. The lowest BCUT2D eigenvalue weighted by Crippen LogP contribution is -2.36. The van der Waals surface area contributed by atoms with E-state index in [0.717, 1.165) is 49.2 Å². The molecule has 1 amide bonds. The molecule has 1 aliphatic rings. The average molecular weight is 319 g/mol. The molecule has 1 aromatic rings. The van der Waals surface area contributed by atoms with Gasteiger partial charge in [-0.2, -0.15) is 0 Å². The summed E-state index contributed by atoms with van der Waals surface area (Å²) in [6.07, 6.45) is 6.11. The fourth-order valence-corrected chi connectivity index (χ4v) is 3.40. The Morgan fingerprint density at radius 1 is 1.09 bits per heavy atom. The van der Waals surface area contributed by atoms with Crippen LogP contribution in [0, 0.1) is 0 Å². The number of rotatable bonds is 7. The third-order valence-corrected chi connectivity index (χ3v) is 5.00. The van der Waals surface area contributed by atoms with Gasteiger partial charge >= 0.3 is 0 Å². The van der Waals surface area contributed by atoms with E-state index in [-0.39, 0.29) is 11.7 Å². The maximum atomic E-state index is 12.1. The number of amides is 1. The molecule has 2 rings (SSSR count). The van der Waals surface area contributed by atoms with E-state index in [2.05, 4.69) is 6.92 Å². The van der Waals surface area contributed by atoms with Crippen LogP contribution in [-0.2, 0) is 4.79 Å². The summed E-state index contributed by atoms with van der Waals surface area (Å²) in [5.41, 5.74) is 0.778. The van der Waals surface area contributed by atoms with Gasteiger partial charge in [-0.15, -0.1) is 11.8 Å². The van der Waals surface area contributed by atoms with Crippen molar-refractivity contribution in [3.8, 4) is 0 Å². The van der Waals surface area contributed by atoms with E-state index in [4.69, 9.17) is 0 Å². The van der Waals surface area contributed by atoms with Crippen LogP contribution in [0.4, 0.5) is 0 Å². The second-order valence-electron chi connectivity index (χ2n) is 5.78. The predicted octanol–water partition coefficient (Wildman–Crippen LogP) is 4.16. The second-order valence-corrected chi connectivity index (χ2v) is 6.83. The van der Waals surface area contributed by atoms with Gasteiger partial charge < -0.3 is 4.90 Å². The minimum atomic E-state index is 0.211. The molecule has 0 aromatic heterocycles. The Hall–Kier alpha value is -1.29. The van der Waals surface area contributed by atoms with Gasteiger partial charge in [-0.05, 0) is 37.8 Å². The van der Waals surface area contributed by atoms with Crippen molar-refractivity contribution in [1.29, 1.82) is 0 Å². The number of hydrogen-bond donors (Lipinski definition) is 0. The first-order valence-corrected chi connectivity index (χ1v) is 9.23. The van der Waals surface area contributed by atoms with Crippen LogP contribution in [0.3, 0.4) is 0 Å². The smallest absolute Gasteiger partial charge is 0.232 e. The largest absolute Gasteiger partial charge is 0.342 e. The van der Waals surface area contributed by atoms with Gasteiger partial charge in [0.05, 0.1) is 5.75 Å². The molecule has 3 nitrogen and oxygen atoms in total. The Bertz CT molecular complexity index is 492. The molecule has 0 radical (unpaired) electrons. The molecule has 1 saturated heterocycles. The van der Waals surface area contributed by atoms with Crippen molar-refractivity contribution in [3.05, 3.63) is 29.8 Å². The van der Waals surface area contributed by atoms with Crippen LogP contribution in [0.1, 0.15) is 55.8 Å². The minimum Gasteiger partial charge on any atom is -0.342 e. The van der Waals surface area contributed by atoms with E-state index in [1.807, 2.05) is 29.2 Å². The van der Waals surface area contributed by atoms with Gasteiger partial charge in [0.25, 0.3) is 0 Å². The zero-order chi connectivity index (χ0) is 15.8. The number of ketones is 1. The molecule has 0 spiro atoms. The van der Waals surface area contributed by atoms with Crippen molar-refractivity contribution in [1.82, 2.24) is 4.90 Å². The highest BCUT2D eigenvalue weighted by molar-refractivity contribution is 8.00. The first kappa shape index (κ1) is 17.1. The fourth-order valence-electron chi connectivity index (χ4n) is 2.60. The molecule has 0 N–H and O–H groups in total. The van der Waals surface area contributed by atoms with E-state index in [1.165, 1.54) is 6.42 Å². The average Bonchev–Trinajstić information content (AvgIpc) is 2.58. The monoisotopic (exact) mass is 319 g/mol. The van der Waals surface area contributed by atoms with Crippen LogP contribution in [0.25, 0.3) is 0 Å². The highest BCUT2D eigenvalue weighted by Gasteiger charge is 2.16. The van der Waals surface area contributed by atoms with Gasteiger partial charge in [0.2, 0.25) is 5.91 Å². The Labute approximate surface area is 137 Å². The van der Waals surface area contributed by atoms with Gasteiger partial charge in [0.15, 0.2) is 5.78 Å². The molecule has 0 aliphatic carbocycles. The summed E-state index contributed by atoms with van der Waals surface area (Å²) >= 11 is 1.56. The number of carbonyl (C=O) groups is 2. The molecular formula is C18H25NO2S. The van der Waals surface area contributed by atoms with Gasteiger partial charge in [0.1, 0.15) is 0 Å². The molecule has 120 valence electrons. The van der Waals surface area contributed by atoms with Crippen molar-refractivity contribution in [2.75, 3.05) is 18.8 Å². The molecule has 0 atom stereocenters. The summed E-state index contributed by atoms with van der Waals surface area (Å²) < 4.78 is 0. The summed E-state index contributed by atoms with van der Waals surface area (Å²) in [6.45, 7) is 3.90. The fraction of sp³-hybridized carbons (Fsp3) is 0.556. The highest BCUT2D eigenvalue weighted by atomic mass is 32.2. The van der Waals surface area contributed by atoms with Crippen LogP contribution in [0.5, 0.6) is 0 Å². The van der Waals surface area contributed by atoms with Gasteiger partial charge in [0, 0.05) is 30.0 Å². The van der Waals surface area contributed by atoms with Crippen molar-refractivity contribution in [2.24, 2.45) is 0 Å². The summed E-state index contributed by atoms with van der Waals surface area (Å²) in [7, 11) is 0. The number of Topliss-reactive ketones (excluding diaryl/α,β-unsaturated/α-hetero) is 1. The summed E-state index contributed by atoms with van der Waals surface area (Å²) in [6, 6.07) is 7.66. The van der Waals surface area contributed by atoms with E-state index in [0.29, 0.717) is 12.2 Å². The Morgan fingerprint density at radius 3 is 2.41 bits per heavy atom. The number of nitrogens with zero attached hydrogens (tertiary/aromatic N) is 1. The number of thioether (sulfide) groups is 1. The number of likely N-dealkylation sites (tertiary alicyclic amines) is 1. The number of hydrogen-bond acceptors (Lipinski definition) is 3. The normalized spacial score (nSPS) is 14.9. The van der Waals surface area contributed by atoms with E-state index in [9.17, 15) is 9.59 Å². The summed E-state index contributed by atoms with van der Waals surface area (Å²) in [4.78, 5) is 27.1. The molecule has 4 heteroatoms. The standard InChI is InChI=1S/C18H25NO2S/c1-2-3-7-17(20)15-8-10-16(11-9-15)22-14-18(21)19-12-5-4-6-13-19/h8-11H,2-7,12-14H2,1H3. The lowest BCUT2D eigenvalue weighted by molar-refractivity contribution is -0.129. The molecular weight excluding hydrogens is 294 g/mol. The third kappa shape index (κ3) is 5.16. The predicted molar refractivity (Wildman–Crippen MR) is 91.5 cm³/mol. The van der Waals surface area contributed by atoms with Crippen LogP contribution in [-0.4, -0.2) is 35.4 Å². The van der Waals surface area contributed by atoms with E-state index < -0.39 is 0 Å². The molecule has 0 bridgehead atoms. The van der Waals surface area contributed by atoms with Crippen molar-refractivity contribution in [3.63, 3.8) is 0 Å². The SMILES string of the molecule is CCCCC(=O)c1ccc(SCC(=O)N2CCCCC2)cc1. The highest BCUT2D eigenvalue weighted by Crippen LogP contribution is 2.20. The summed E-state index contributed by atoms with van der Waals surface area (Å²) in [5.74, 6) is 0.930. The number of piperidine rings is 1. The lowest BCUT2D eigenvalue weighted by atomic mass is 10.1. The van der Waals surface area contributed by atoms with Gasteiger partial charge in [-0.3, -0.25) is 9.59 Å². The molecule has 0 saturated carbocycles. The van der Waals surface area contributed by atoms with Crippen molar-refractivity contribution in [2.45, 2.75) is 50.3 Å². The van der Waals surface area contributed by atoms with E-state index >= 15 is 0 Å². The quantitative estimate of drug-likeness (QED) is 0.559. The Morgan fingerprint density at radius 2 is 1.77 bits per heavy atom. The Kier molecular flexibility index (Phi) is 6.97. The molecule has 1 heterocycles. The molecule has 0 unspecified atom stereocenters. The van der Waals surface area contributed by atoms with Gasteiger partial charge in [-0.1, -0.05) is 25.5 Å². The lowest BCUT2D eigenvalue weighted by Gasteiger charge is -2.26. The third-order valence-electron chi connectivity index (χ3n) is 4.00. The van der Waals surface area contributed by atoms with Crippen LogP contribution < -0.4 is 0 Å². The number of unbranched alkanes of at least 4 members (excludes halogenated alkanes) is 1. The molecule has 22 heavy (non-hydrogen) atoms. The molecule has 1 aliphatic heterocycles. The van der Waals surface area contributed by atoms with Crippen molar-refractivity contribution >= 4 is 23.5 Å². The topological polar surface area (TPSA) is 37.4 Å². The molecule has 1 aromatic carbocycles. The van der Waals surface area contributed by atoms with Crippen LogP contribution >= 0.6 is 11.8 Å². The van der Waals surface area contributed by atoms with Gasteiger partial charge in [-0.25, -0.2) is 0 Å². The van der Waals surface area contributed by atoms with E-state index in [1.54, 1.807) is 11.8 Å². The maximum absolute atomic E-state index is 12.1. The zero-order valence-electron chi connectivity index (χ0n) is 13.3. The minimum absolute atomic E-state index is 0.211. The van der Waals surface area contributed by atoms with Crippen molar-refractivity contribution < 1.29 is 9.59 Å². The number of benzene rings is 1. The second kappa shape index (κ2) is 8.99. The first-order chi connectivity index (χ1) is 10.7. The Balaban J connectivity index is 1.80. The first-order valence-electron chi connectivity index (χ1n) is 8.24. The number of carbonyl (C=O) groups excluding carboxylic acids is 2. The molecule has 1 fully saturated rings. The summed E-state index contributed by atoms with van der Waals surface area (Å²) in [5, 5.41) is 0.